The number of hydrogen-bond acceptors (Lipinski definition) is 2. The molecule has 0 amide bonds. The highest BCUT2D eigenvalue weighted by atomic mass is 16.1. The molecule has 0 unspecified atom stereocenters. The Hall–Kier alpha value is -1.90. The monoisotopic (exact) mass is 349 g/mol. The minimum Gasteiger partial charge on any atom is -0.322 e. The van der Waals surface area contributed by atoms with Gasteiger partial charge in [0.15, 0.2) is 5.78 Å². The Bertz CT molecular complexity index is 904. The molecule has 0 spiro atoms. The number of aryl methyl sites for hydroxylation is 1. The lowest BCUT2D eigenvalue weighted by atomic mass is 9.48. The second kappa shape index (κ2) is 5.80. The van der Waals surface area contributed by atoms with Gasteiger partial charge in [-0.1, -0.05) is 6.92 Å². The van der Waals surface area contributed by atoms with E-state index in [4.69, 9.17) is 0 Å². The van der Waals surface area contributed by atoms with E-state index >= 15 is 0 Å². The SMILES string of the molecule is CCc1cc2cc(C(=O)CC34CC5CC(CC(C5)C3)C4)ccc2[nH]c1=O. The van der Waals surface area contributed by atoms with Gasteiger partial charge in [-0.2, -0.15) is 0 Å². The zero-order chi connectivity index (χ0) is 17.9. The van der Waals surface area contributed by atoms with Crippen molar-refractivity contribution in [1.82, 2.24) is 4.98 Å². The van der Waals surface area contributed by atoms with E-state index in [1.807, 2.05) is 31.2 Å². The zero-order valence-corrected chi connectivity index (χ0v) is 15.5. The van der Waals surface area contributed by atoms with Crippen LogP contribution in [0.1, 0.15) is 67.8 Å². The standard InChI is InChI=1S/C23H27NO2/c1-2-17-8-19-9-18(3-4-20(19)24-22(17)26)21(25)13-23-10-14-5-15(11-23)7-16(6-14)12-23/h3-4,8-9,14-16H,2,5-7,10-13H2,1H3,(H,24,26). The summed E-state index contributed by atoms with van der Waals surface area (Å²) < 4.78 is 0. The van der Waals surface area contributed by atoms with E-state index in [0.717, 1.165) is 39.8 Å². The van der Waals surface area contributed by atoms with Crippen molar-refractivity contribution in [2.75, 3.05) is 0 Å². The third-order valence-corrected chi connectivity index (χ3v) is 7.32. The van der Waals surface area contributed by atoms with Crippen LogP contribution in [0.5, 0.6) is 0 Å². The predicted molar refractivity (Wildman–Crippen MR) is 103 cm³/mol. The lowest BCUT2D eigenvalue weighted by Crippen LogP contribution is -2.46. The van der Waals surface area contributed by atoms with Crippen molar-refractivity contribution in [3.8, 4) is 0 Å². The normalized spacial score (nSPS) is 32.3. The average molecular weight is 349 g/mol. The van der Waals surface area contributed by atoms with Gasteiger partial charge < -0.3 is 4.98 Å². The first-order valence-electron chi connectivity index (χ1n) is 10.2. The predicted octanol–water partition coefficient (Wildman–Crippen LogP) is 4.88. The Morgan fingerprint density at radius 1 is 1.08 bits per heavy atom. The van der Waals surface area contributed by atoms with Gasteiger partial charge >= 0.3 is 0 Å². The molecule has 3 nitrogen and oxygen atoms in total. The van der Waals surface area contributed by atoms with Gasteiger partial charge in [0.2, 0.25) is 0 Å². The van der Waals surface area contributed by atoms with E-state index in [-0.39, 0.29) is 16.8 Å². The van der Waals surface area contributed by atoms with Crippen LogP contribution in [0.2, 0.25) is 0 Å². The molecule has 0 aliphatic heterocycles. The van der Waals surface area contributed by atoms with Gasteiger partial charge in [-0.25, -0.2) is 0 Å². The first-order chi connectivity index (χ1) is 12.5. The summed E-state index contributed by atoms with van der Waals surface area (Å²) in [5, 5.41) is 0.970. The lowest BCUT2D eigenvalue weighted by Gasteiger charge is -2.56. The fourth-order valence-electron chi connectivity index (χ4n) is 6.64. The van der Waals surface area contributed by atoms with Crippen LogP contribution in [0.15, 0.2) is 29.1 Å². The van der Waals surface area contributed by atoms with Crippen molar-refractivity contribution < 1.29 is 4.79 Å². The molecule has 1 aromatic carbocycles. The zero-order valence-electron chi connectivity index (χ0n) is 15.5. The van der Waals surface area contributed by atoms with E-state index in [2.05, 4.69) is 4.98 Å². The van der Waals surface area contributed by atoms with E-state index in [9.17, 15) is 9.59 Å². The Morgan fingerprint density at radius 3 is 2.35 bits per heavy atom. The molecular weight excluding hydrogens is 322 g/mol. The summed E-state index contributed by atoms with van der Waals surface area (Å²) >= 11 is 0. The molecule has 26 heavy (non-hydrogen) atoms. The van der Waals surface area contributed by atoms with Crippen molar-refractivity contribution in [2.24, 2.45) is 23.2 Å². The largest absolute Gasteiger partial charge is 0.322 e. The number of fused-ring (bicyclic) bond motifs is 1. The molecule has 4 bridgehead atoms. The molecule has 0 radical (unpaired) electrons. The number of nitrogens with one attached hydrogen (secondary N) is 1. The number of Topliss-reactive ketones (excluding diaryl/α,β-unsaturated/α-hetero) is 1. The minimum absolute atomic E-state index is 0.0207. The summed E-state index contributed by atoms with van der Waals surface area (Å²) in [6, 6.07) is 7.71. The molecule has 6 rings (SSSR count). The highest BCUT2D eigenvalue weighted by Crippen LogP contribution is 2.61. The summed E-state index contributed by atoms with van der Waals surface area (Å²) in [6.45, 7) is 1.98. The number of carbonyl (C=O) groups is 1. The smallest absolute Gasteiger partial charge is 0.251 e. The second-order valence-electron chi connectivity index (χ2n) is 9.30. The number of aromatic amines is 1. The number of ketones is 1. The van der Waals surface area contributed by atoms with Crippen molar-refractivity contribution >= 4 is 16.7 Å². The molecule has 2 aromatic rings. The van der Waals surface area contributed by atoms with Crippen LogP contribution in [0.4, 0.5) is 0 Å². The summed E-state index contributed by atoms with van der Waals surface area (Å²) in [7, 11) is 0. The van der Waals surface area contributed by atoms with Crippen LogP contribution in [0, 0.1) is 23.2 Å². The number of benzene rings is 1. The van der Waals surface area contributed by atoms with E-state index in [0.29, 0.717) is 12.8 Å². The lowest BCUT2D eigenvalue weighted by molar-refractivity contribution is -0.0524. The summed E-state index contributed by atoms with van der Waals surface area (Å²) in [5.41, 5.74) is 2.66. The Kier molecular flexibility index (Phi) is 3.63. The average Bonchev–Trinajstić information content (AvgIpc) is 2.59. The molecule has 1 N–H and O–H groups in total. The quantitative estimate of drug-likeness (QED) is 0.800. The first-order valence-corrected chi connectivity index (χ1v) is 10.2. The van der Waals surface area contributed by atoms with Crippen molar-refractivity contribution in [2.45, 2.75) is 58.3 Å². The van der Waals surface area contributed by atoms with Crippen LogP contribution in [0.25, 0.3) is 10.9 Å². The molecule has 4 aliphatic carbocycles. The van der Waals surface area contributed by atoms with Crippen molar-refractivity contribution in [1.29, 1.82) is 0 Å². The molecule has 0 saturated heterocycles. The highest BCUT2D eigenvalue weighted by Gasteiger charge is 2.51. The summed E-state index contributed by atoms with van der Waals surface area (Å²) in [4.78, 5) is 28.0. The number of aromatic nitrogens is 1. The van der Waals surface area contributed by atoms with E-state index in [1.54, 1.807) is 0 Å². The fourth-order valence-corrected chi connectivity index (χ4v) is 6.64. The van der Waals surface area contributed by atoms with E-state index in [1.165, 1.54) is 38.5 Å². The number of hydrogen-bond donors (Lipinski definition) is 1. The van der Waals surface area contributed by atoms with Crippen LogP contribution >= 0.6 is 0 Å². The Balaban J connectivity index is 1.43. The fraction of sp³-hybridized carbons (Fsp3) is 0.565. The van der Waals surface area contributed by atoms with Crippen molar-refractivity contribution in [3.63, 3.8) is 0 Å². The van der Waals surface area contributed by atoms with Crippen LogP contribution in [-0.4, -0.2) is 10.8 Å². The maximum atomic E-state index is 13.1. The van der Waals surface area contributed by atoms with E-state index < -0.39 is 0 Å². The Morgan fingerprint density at radius 2 is 1.73 bits per heavy atom. The topological polar surface area (TPSA) is 49.9 Å². The number of rotatable bonds is 4. The Labute approximate surface area is 154 Å². The van der Waals surface area contributed by atoms with Crippen LogP contribution < -0.4 is 5.56 Å². The third kappa shape index (κ3) is 2.64. The molecule has 1 heterocycles. The van der Waals surface area contributed by atoms with Gasteiger partial charge in [0.05, 0.1) is 0 Å². The molecule has 136 valence electrons. The summed E-state index contributed by atoms with van der Waals surface area (Å²) in [6.07, 6.45) is 9.47. The third-order valence-electron chi connectivity index (χ3n) is 7.32. The van der Waals surface area contributed by atoms with Crippen LogP contribution in [-0.2, 0) is 6.42 Å². The molecular formula is C23H27NO2. The second-order valence-corrected chi connectivity index (χ2v) is 9.30. The molecule has 0 atom stereocenters. The summed E-state index contributed by atoms with van der Waals surface area (Å²) in [5.74, 6) is 2.92. The number of pyridine rings is 1. The van der Waals surface area contributed by atoms with Gasteiger partial charge in [0.1, 0.15) is 0 Å². The van der Waals surface area contributed by atoms with Gasteiger partial charge in [-0.3, -0.25) is 9.59 Å². The van der Waals surface area contributed by atoms with Gasteiger partial charge in [-0.15, -0.1) is 0 Å². The van der Waals surface area contributed by atoms with Gasteiger partial charge in [-0.05, 0) is 97.8 Å². The first kappa shape index (κ1) is 16.3. The highest BCUT2D eigenvalue weighted by molar-refractivity contribution is 5.99. The maximum absolute atomic E-state index is 13.1. The molecule has 4 saturated carbocycles. The van der Waals surface area contributed by atoms with Gasteiger partial charge in [0.25, 0.3) is 5.56 Å². The minimum atomic E-state index is -0.0207. The molecule has 4 aliphatic rings. The molecule has 1 aromatic heterocycles. The molecule has 4 fully saturated rings. The maximum Gasteiger partial charge on any atom is 0.251 e. The van der Waals surface area contributed by atoms with Crippen LogP contribution in [0.3, 0.4) is 0 Å². The number of H-pyrrole nitrogens is 1. The number of carbonyl (C=O) groups excluding carboxylic acids is 1. The molecule has 3 heteroatoms. The van der Waals surface area contributed by atoms with Gasteiger partial charge in [0, 0.05) is 23.1 Å². The van der Waals surface area contributed by atoms with Crippen molar-refractivity contribution in [3.05, 3.63) is 45.7 Å².